The summed E-state index contributed by atoms with van der Waals surface area (Å²) < 4.78 is 10.3. The van der Waals surface area contributed by atoms with Gasteiger partial charge in [-0.25, -0.2) is 0 Å². The molecular formula is C15H28N4O8. The van der Waals surface area contributed by atoms with E-state index in [2.05, 4.69) is 16.0 Å². The highest BCUT2D eigenvalue weighted by Crippen LogP contribution is 1.97. The van der Waals surface area contributed by atoms with E-state index in [1.165, 1.54) is 0 Å². The topological polar surface area (TPSA) is 189 Å². The Morgan fingerprint density at radius 3 is 2.30 bits per heavy atom. The average Bonchev–Trinajstić information content (AvgIpc) is 2.61. The Morgan fingerprint density at radius 2 is 1.74 bits per heavy atom. The van der Waals surface area contributed by atoms with E-state index in [1.54, 1.807) is 7.05 Å². The molecule has 0 aromatic heterocycles. The first-order chi connectivity index (χ1) is 12.8. The van der Waals surface area contributed by atoms with Gasteiger partial charge < -0.3 is 41.4 Å². The van der Waals surface area contributed by atoms with Gasteiger partial charge in [-0.05, 0) is 13.5 Å². The third-order valence-corrected chi connectivity index (χ3v) is 3.32. The molecule has 0 bridgehead atoms. The summed E-state index contributed by atoms with van der Waals surface area (Å²) in [6.45, 7) is -0.180. The minimum atomic E-state index is -1.15. The van der Waals surface area contributed by atoms with Gasteiger partial charge in [0.1, 0.15) is 12.6 Å². The van der Waals surface area contributed by atoms with Gasteiger partial charge in [-0.3, -0.25) is 19.2 Å². The van der Waals surface area contributed by atoms with Crippen molar-refractivity contribution in [3.05, 3.63) is 0 Å². The molecule has 0 heterocycles. The maximum Gasteiger partial charge on any atom is 0.303 e. The molecule has 2 atom stereocenters. The Kier molecular flexibility index (Phi) is 13.6. The van der Waals surface area contributed by atoms with Crippen molar-refractivity contribution >= 4 is 23.7 Å². The van der Waals surface area contributed by atoms with Gasteiger partial charge in [0.25, 0.3) is 0 Å². The number of hydrogen-bond acceptors (Lipinski definition) is 8. The van der Waals surface area contributed by atoms with Gasteiger partial charge in [-0.2, -0.15) is 0 Å². The highest BCUT2D eigenvalue weighted by molar-refractivity contribution is 5.87. The number of rotatable bonds is 16. The maximum absolute atomic E-state index is 11.8. The predicted octanol–water partition coefficient (Wildman–Crippen LogP) is -3.45. The first-order valence-corrected chi connectivity index (χ1v) is 8.33. The number of aliphatic carboxylic acids is 1. The SMILES string of the molecule is CNC(CCC(=O)O)C(=O)NCCOCCOCC(=O)NC(CO)C(N)=O. The molecule has 0 aromatic rings. The summed E-state index contributed by atoms with van der Waals surface area (Å²) >= 11 is 0. The van der Waals surface area contributed by atoms with Crippen LogP contribution < -0.4 is 21.7 Å². The van der Waals surface area contributed by atoms with E-state index >= 15 is 0 Å². The van der Waals surface area contributed by atoms with Crippen LogP contribution in [0.2, 0.25) is 0 Å². The number of ether oxygens (including phenoxy) is 2. The molecule has 12 heteroatoms. The molecule has 0 spiro atoms. The number of carboxylic acid groups (broad SMARTS) is 1. The highest BCUT2D eigenvalue weighted by atomic mass is 16.5. The van der Waals surface area contributed by atoms with E-state index in [0.717, 1.165) is 0 Å². The monoisotopic (exact) mass is 392 g/mol. The second-order valence-electron chi connectivity index (χ2n) is 5.43. The second-order valence-corrected chi connectivity index (χ2v) is 5.43. The molecule has 0 aromatic carbocycles. The number of primary amides is 1. The first-order valence-electron chi connectivity index (χ1n) is 8.33. The number of aliphatic hydroxyl groups excluding tert-OH is 1. The molecule has 0 saturated carbocycles. The number of carboxylic acids is 1. The molecule has 0 saturated heterocycles. The van der Waals surface area contributed by atoms with E-state index in [-0.39, 0.29) is 51.7 Å². The molecule has 0 aliphatic carbocycles. The molecule has 0 rings (SSSR count). The normalized spacial score (nSPS) is 12.8. The third kappa shape index (κ3) is 12.7. The summed E-state index contributed by atoms with van der Waals surface area (Å²) in [5, 5.41) is 25.0. The van der Waals surface area contributed by atoms with Crippen LogP contribution in [-0.2, 0) is 28.7 Å². The number of carbonyl (C=O) groups excluding carboxylic acids is 3. The lowest BCUT2D eigenvalue weighted by atomic mass is 10.1. The van der Waals surface area contributed by atoms with Crippen molar-refractivity contribution in [2.24, 2.45) is 5.73 Å². The number of carbonyl (C=O) groups is 4. The Labute approximate surface area is 156 Å². The molecule has 0 aliphatic heterocycles. The molecule has 7 N–H and O–H groups in total. The Bertz CT molecular complexity index is 488. The van der Waals surface area contributed by atoms with Gasteiger partial charge in [0.2, 0.25) is 17.7 Å². The van der Waals surface area contributed by atoms with E-state index < -0.39 is 36.5 Å². The Balaban J connectivity index is 3.71. The maximum atomic E-state index is 11.8. The van der Waals surface area contributed by atoms with Crippen LogP contribution in [0.15, 0.2) is 0 Å². The highest BCUT2D eigenvalue weighted by Gasteiger charge is 2.17. The van der Waals surface area contributed by atoms with Crippen molar-refractivity contribution in [3.8, 4) is 0 Å². The van der Waals surface area contributed by atoms with Crippen LogP contribution in [0.5, 0.6) is 0 Å². The average molecular weight is 392 g/mol. The van der Waals surface area contributed by atoms with Gasteiger partial charge in [-0.1, -0.05) is 0 Å². The summed E-state index contributed by atoms with van der Waals surface area (Å²) in [5.74, 6) is -2.73. The second kappa shape index (κ2) is 14.8. The van der Waals surface area contributed by atoms with Crippen LogP contribution in [0.1, 0.15) is 12.8 Å². The van der Waals surface area contributed by atoms with Crippen molar-refractivity contribution in [1.82, 2.24) is 16.0 Å². The molecule has 0 radical (unpaired) electrons. The van der Waals surface area contributed by atoms with Crippen molar-refractivity contribution in [1.29, 1.82) is 0 Å². The lowest BCUT2D eigenvalue weighted by Crippen LogP contribution is -2.48. The molecule has 27 heavy (non-hydrogen) atoms. The summed E-state index contributed by atoms with van der Waals surface area (Å²) in [5.41, 5.74) is 4.96. The number of likely N-dealkylation sites (N-methyl/N-ethyl adjacent to an activating group) is 1. The molecule has 0 fully saturated rings. The van der Waals surface area contributed by atoms with Crippen LogP contribution in [0.4, 0.5) is 0 Å². The van der Waals surface area contributed by atoms with Crippen LogP contribution in [0, 0.1) is 0 Å². The van der Waals surface area contributed by atoms with Gasteiger partial charge in [0.15, 0.2) is 0 Å². The fourth-order valence-corrected chi connectivity index (χ4v) is 1.87. The van der Waals surface area contributed by atoms with Crippen molar-refractivity contribution in [2.45, 2.75) is 24.9 Å². The quantitative estimate of drug-likeness (QED) is 0.145. The number of hydrogen-bond donors (Lipinski definition) is 6. The number of aliphatic hydroxyl groups is 1. The van der Waals surface area contributed by atoms with E-state index in [0.29, 0.717) is 0 Å². The Hall–Kier alpha value is -2.28. The largest absolute Gasteiger partial charge is 0.481 e. The lowest BCUT2D eigenvalue weighted by molar-refractivity contribution is -0.137. The smallest absolute Gasteiger partial charge is 0.303 e. The van der Waals surface area contributed by atoms with Crippen LogP contribution >= 0.6 is 0 Å². The number of nitrogens with two attached hydrogens (primary N) is 1. The predicted molar refractivity (Wildman–Crippen MR) is 92.6 cm³/mol. The van der Waals surface area contributed by atoms with Gasteiger partial charge in [0.05, 0.1) is 32.5 Å². The number of nitrogens with one attached hydrogen (secondary N) is 3. The third-order valence-electron chi connectivity index (χ3n) is 3.32. The van der Waals surface area contributed by atoms with Crippen LogP contribution in [-0.4, -0.2) is 92.6 Å². The summed E-state index contributed by atoms with van der Waals surface area (Å²) in [6.07, 6.45) is 0.0696. The van der Waals surface area contributed by atoms with E-state index in [4.69, 9.17) is 25.4 Å². The standard InChI is InChI=1S/C15H28N4O8/c1-17-10(2-3-13(22)23)15(25)18-4-5-26-6-7-27-9-12(21)19-11(8-20)14(16)24/h10-11,17,20H,2-9H2,1H3,(H2,16,24)(H,18,25)(H,19,21)(H,22,23). The zero-order valence-corrected chi connectivity index (χ0v) is 15.2. The van der Waals surface area contributed by atoms with Crippen molar-refractivity contribution in [3.63, 3.8) is 0 Å². The zero-order valence-electron chi connectivity index (χ0n) is 15.2. The lowest BCUT2D eigenvalue weighted by Gasteiger charge is -2.15. The fourth-order valence-electron chi connectivity index (χ4n) is 1.87. The van der Waals surface area contributed by atoms with E-state index in [1.807, 2.05) is 0 Å². The first kappa shape index (κ1) is 24.7. The van der Waals surface area contributed by atoms with Crippen LogP contribution in [0.25, 0.3) is 0 Å². The zero-order chi connectivity index (χ0) is 20.7. The summed E-state index contributed by atoms with van der Waals surface area (Å²) in [4.78, 5) is 44.6. The minimum absolute atomic E-state index is 0.111. The molecular weight excluding hydrogens is 364 g/mol. The van der Waals surface area contributed by atoms with Gasteiger partial charge in [0, 0.05) is 13.0 Å². The van der Waals surface area contributed by atoms with E-state index in [9.17, 15) is 19.2 Å². The summed E-state index contributed by atoms with van der Waals surface area (Å²) in [7, 11) is 1.57. The van der Waals surface area contributed by atoms with Crippen LogP contribution in [0.3, 0.4) is 0 Å². The minimum Gasteiger partial charge on any atom is -0.481 e. The van der Waals surface area contributed by atoms with Crippen molar-refractivity contribution < 1.29 is 38.9 Å². The molecule has 12 nitrogen and oxygen atoms in total. The molecule has 156 valence electrons. The Morgan fingerprint density at radius 1 is 1.07 bits per heavy atom. The molecule has 0 aliphatic rings. The summed E-state index contributed by atoms with van der Waals surface area (Å²) in [6, 6.07) is -1.75. The number of amides is 3. The molecule has 3 amide bonds. The van der Waals surface area contributed by atoms with Gasteiger partial charge in [-0.15, -0.1) is 0 Å². The molecule has 2 unspecified atom stereocenters. The van der Waals surface area contributed by atoms with Crippen molar-refractivity contribution in [2.75, 3.05) is 46.6 Å². The fraction of sp³-hybridized carbons (Fsp3) is 0.733. The van der Waals surface area contributed by atoms with Gasteiger partial charge >= 0.3 is 5.97 Å².